The van der Waals surface area contributed by atoms with Gasteiger partial charge in [0.15, 0.2) is 5.82 Å². The van der Waals surface area contributed by atoms with Gasteiger partial charge in [0.1, 0.15) is 0 Å². The Morgan fingerprint density at radius 2 is 1.95 bits per heavy atom. The molecule has 2 aromatic heterocycles. The highest BCUT2D eigenvalue weighted by molar-refractivity contribution is 6.34. The van der Waals surface area contributed by atoms with E-state index in [0.29, 0.717) is 22.1 Å². The van der Waals surface area contributed by atoms with Gasteiger partial charge < -0.3 is 5.32 Å². The molecule has 6 heteroatoms. The largest absolute Gasteiger partial charge is 0.319 e. The number of nitrogens with one attached hydrogen (secondary N) is 1. The van der Waals surface area contributed by atoms with Gasteiger partial charge in [-0.05, 0) is 30.3 Å². The summed E-state index contributed by atoms with van der Waals surface area (Å²) in [5, 5.41) is 7.33. The number of anilines is 1. The van der Waals surface area contributed by atoms with Crippen molar-refractivity contribution in [1.82, 2.24) is 14.8 Å². The second-order valence-corrected chi connectivity index (χ2v) is 4.67. The molecule has 0 unspecified atom stereocenters. The zero-order valence-corrected chi connectivity index (χ0v) is 11.7. The molecule has 0 radical (unpaired) electrons. The van der Waals surface area contributed by atoms with Crippen molar-refractivity contribution in [3.63, 3.8) is 0 Å². The van der Waals surface area contributed by atoms with E-state index in [0.717, 1.165) is 0 Å². The van der Waals surface area contributed by atoms with Gasteiger partial charge in [0.05, 0.1) is 16.3 Å². The highest BCUT2D eigenvalue weighted by Crippen LogP contribution is 2.20. The molecule has 1 aromatic carbocycles. The third-order valence-corrected chi connectivity index (χ3v) is 3.20. The summed E-state index contributed by atoms with van der Waals surface area (Å²) in [6, 6.07) is 12.2. The van der Waals surface area contributed by atoms with Crippen LogP contribution < -0.4 is 5.32 Å². The molecule has 21 heavy (non-hydrogen) atoms. The second kappa shape index (κ2) is 5.76. The average molecular weight is 299 g/mol. The van der Waals surface area contributed by atoms with Crippen molar-refractivity contribution in [2.45, 2.75) is 0 Å². The first-order valence-corrected chi connectivity index (χ1v) is 6.64. The number of aromatic nitrogens is 3. The molecule has 0 saturated carbocycles. The van der Waals surface area contributed by atoms with Crippen molar-refractivity contribution in [1.29, 1.82) is 0 Å². The molecule has 3 aromatic rings. The van der Waals surface area contributed by atoms with Gasteiger partial charge in [-0.25, -0.2) is 9.67 Å². The second-order valence-electron chi connectivity index (χ2n) is 4.26. The standard InChI is InChI=1S/C15H11ClN4O/c16-12-6-2-1-5-11(12)15(21)19-13-7-3-8-17-14(13)20-10-4-9-18-20/h1-10H,(H,19,21). The number of carbonyl (C=O) groups excluding carboxylic acids is 1. The summed E-state index contributed by atoms with van der Waals surface area (Å²) >= 11 is 6.03. The number of pyridine rings is 1. The van der Waals surface area contributed by atoms with Crippen LogP contribution in [0.4, 0.5) is 5.69 Å². The highest BCUT2D eigenvalue weighted by Gasteiger charge is 2.13. The summed E-state index contributed by atoms with van der Waals surface area (Å²) in [6.45, 7) is 0. The number of halogens is 1. The Kier molecular flexibility index (Phi) is 3.66. The van der Waals surface area contributed by atoms with Gasteiger partial charge in [0.25, 0.3) is 5.91 Å². The molecule has 0 atom stereocenters. The zero-order valence-electron chi connectivity index (χ0n) is 10.9. The maximum Gasteiger partial charge on any atom is 0.257 e. The third kappa shape index (κ3) is 2.78. The molecule has 0 fully saturated rings. The first kappa shape index (κ1) is 13.3. The molecule has 1 N–H and O–H groups in total. The Labute approximate surface area is 126 Å². The van der Waals surface area contributed by atoms with E-state index in [1.165, 1.54) is 0 Å². The van der Waals surface area contributed by atoms with E-state index in [2.05, 4.69) is 15.4 Å². The SMILES string of the molecule is O=C(Nc1cccnc1-n1cccn1)c1ccccc1Cl. The van der Waals surface area contributed by atoms with Crippen LogP contribution >= 0.6 is 11.6 Å². The van der Waals surface area contributed by atoms with E-state index >= 15 is 0 Å². The van der Waals surface area contributed by atoms with Gasteiger partial charge in [-0.2, -0.15) is 5.10 Å². The Hall–Kier alpha value is -2.66. The molecule has 0 saturated heterocycles. The molecule has 5 nitrogen and oxygen atoms in total. The lowest BCUT2D eigenvalue weighted by Gasteiger charge is -2.10. The van der Waals surface area contributed by atoms with Crippen molar-refractivity contribution in [2.24, 2.45) is 0 Å². The van der Waals surface area contributed by atoms with Crippen molar-refractivity contribution in [3.05, 3.63) is 71.6 Å². The maximum atomic E-state index is 12.3. The van der Waals surface area contributed by atoms with Crippen LogP contribution in [0.5, 0.6) is 0 Å². The molecule has 0 spiro atoms. The number of carbonyl (C=O) groups is 1. The molecular formula is C15H11ClN4O. The predicted molar refractivity (Wildman–Crippen MR) is 80.8 cm³/mol. The zero-order chi connectivity index (χ0) is 14.7. The van der Waals surface area contributed by atoms with Crippen LogP contribution in [0.15, 0.2) is 61.1 Å². The van der Waals surface area contributed by atoms with Gasteiger partial charge >= 0.3 is 0 Å². The topological polar surface area (TPSA) is 59.8 Å². The number of rotatable bonds is 3. The number of hydrogen-bond donors (Lipinski definition) is 1. The lowest BCUT2D eigenvalue weighted by Crippen LogP contribution is -2.15. The van der Waals surface area contributed by atoms with Gasteiger partial charge in [0, 0.05) is 18.6 Å². The first-order valence-electron chi connectivity index (χ1n) is 6.26. The molecule has 0 aliphatic carbocycles. The summed E-state index contributed by atoms with van der Waals surface area (Å²) in [5.41, 5.74) is 0.973. The first-order chi connectivity index (χ1) is 10.3. The summed E-state index contributed by atoms with van der Waals surface area (Å²) in [6.07, 6.45) is 5.05. The minimum atomic E-state index is -0.290. The molecule has 0 aliphatic rings. The maximum absolute atomic E-state index is 12.3. The van der Waals surface area contributed by atoms with Crippen LogP contribution in [0.1, 0.15) is 10.4 Å². The summed E-state index contributed by atoms with van der Waals surface area (Å²) in [4.78, 5) is 16.5. The van der Waals surface area contributed by atoms with Gasteiger partial charge in [-0.15, -0.1) is 0 Å². The van der Waals surface area contributed by atoms with Gasteiger partial charge in [0.2, 0.25) is 0 Å². The van der Waals surface area contributed by atoms with E-state index < -0.39 is 0 Å². The fourth-order valence-corrected chi connectivity index (χ4v) is 2.13. The van der Waals surface area contributed by atoms with Gasteiger partial charge in [-0.1, -0.05) is 23.7 Å². The summed E-state index contributed by atoms with van der Waals surface area (Å²) in [5.74, 6) is 0.255. The van der Waals surface area contributed by atoms with Crippen molar-refractivity contribution in [3.8, 4) is 5.82 Å². The number of benzene rings is 1. The van der Waals surface area contributed by atoms with Crippen molar-refractivity contribution in [2.75, 3.05) is 5.32 Å². The van der Waals surface area contributed by atoms with Crippen molar-refractivity contribution >= 4 is 23.2 Å². The molecule has 0 aliphatic heterocycles. The molecule has 2 heterocycles. The van der Waals surface area contributed by atoms with E-state index in [1.54, 1.807) is 65.7 Å². The number of amides is 1. The average Bonchev–Trinajstić information content (AvgIpc) is 3.02. The Balaban J connectivity index is 1.93. The van der Waals surface area contributed by atoms with E-state index in [9.17, 15) is 4.79 Å². The highest BCUT2D eigenvalue weighted by atomic mass is 35.5. The van der Waals surface area contributed by atoms with Crippen molar-refractivity contribution < 1.29 is 4.79 Å². The van der Waals surface area contributed by atoms with Crippen LogP contribution in [0.25, 0.3) is 5.82 Å². The predicted octanol–water partition coefficient (Wildman–Crippen LogP) is 3.17. The summed E-state index contributed by atoms with van der Waals surface area (Å²) in [7, 11) is 0. The Morgan fingerprint density at radius 3 is 2.71 bits per heavy atom. The number of hydrogen-bond acceptors (Lipinski definition) is 3. The van der Waals surface area contributed by atoms with Gasteiger partial charge in [-0.3, -0.25) is 4.79 Å². The fourth-order valence-electron chi connectivity index (χ4n) is 1.91. The third-order valence-electron chi connectivity index (χ3n) is 2.87. The van der Waals surface area contributed by atoms with Crippen LogP contribution in [0, 0.1) is 0 Å². The van der Waals surface area contributed by atoms with Crippen LogP contribution in [-0.2, 0) is 0 Å². The van der Waals surface area contributed by atoms with E-state index in [-0.39, 0.29) is 5.91 Å². The summed E-state index contributed by atoms with van der Waals surface area (Å²) < 4.78 is 1.59. The van der Waals surface area contributed by atoms with E-state index in [1.807, 2.05) is 0 Å². The fraction of sp³-hybridized carbons (Fsp3) is 0. The minimum Gasteiger partial charge on any atom is -0.319 e. The lowest BCUT2D eigenvalue weighted by molar-refractivity contribution is 0.102. The smallest absolute Gasteiger partial charge is 0.257 e. The molecule has 3 rings (SSSR count). The molecular weight excluding hydrogens is 288 g/mol. The minimum absolute atomic E-state index is 0.290. The quantitative estimate of drug-likeness (QED) is 0.808. The Morgan fingerprint density at radius 1 is 1.10 bits per heavy atom. The van der Waals surface area contributed by atoms with Crippen LogP contribution in [0.2, 0.25) is 5.02 Å². The normalized spacial score (nSPS) is 10.3. The number of nitrogens with zero attached hydrogens (tertiary/aromatic N) is 3. The monoisotopic (exact) mass is 298 g/mol. The van der Waals surface area contributed by atoms with E-state index in [4.69, 9.17) is 11.6 Å². The molecule has 1 amide bonds. The molecule has 0 bridgehead atoms. The Bertz CT molecular complexity index is 771. The molecule has 104 valence electrons. The van der Waals surface area contributed by atoms with Crippen LogP contribution in [0.3, 0.4) is 0 Å². The van der Waals surface area contributed by atoms with Crippen LogP contribution in [-0.4, -0.2) is 20.7 Å². The lowest BCUT2D eigenvalue weighted by atomic mass is 10.2.